The molecule has 0 bridgehead atoms. The number of halogens is 5. The zero-order valence-corrected chi connectivity index (χ0v) is 16.3. The van der Waals surface area contributed by atoms with Crippen LogP contribution in [0.15, 0.2) is 42.5 Å². The zero-order valence-electron chi connectivity index (χ0n) is 16.3. The molecule has 12 heteroatoms. The summed E-state index contributed by atoms with van der Waals surface area (Å²) in [7, 11) is 2.37. The molecule has 0 fully saturated rings. The zero-order chi connectivity index (χ0) is 23.2. The molecule has 0 saturated heterocycles. The number of rotatable bonds is 7. The van der Waals surface area contributed by atoms with Crippen LogP contribution in [0.1, 0.15) is 10.4 Å². The minimum Gasteiger partial charge on any atom is -0.406 e. The van der Waals surface area contributed by atoms with Crippen LogP contribution in [-0.4, -0.2) is 50.9 Å². The average molecular weight is 448 g/mol. The van der Waals surface area contributed by atoms with E-state index >= 15 is 0 Å². The standard InChI is InChI=1S/C19H17F5N2O5/c1-29-10-25(12-6-8-13(9-7-12)31-19(22,23)24)18(28)26(11-30-2)17(27)16-14(20)4-3-5-15(16)21/h3-9H,10-11H2,1-2H3. The normalized spacial score (nSPS) is 11.2. The first kappa shape index (κ1) is 24.0. The fraction of sp³-hybridized carbons (Fsp3) is 0.263. The molecule has 3 amide bonds. The number of carbonyl (C=O) groups excluding carboxylic acids is 2. The van der Waals surface area contributed by atoms with Gasteiger partial charge in [0, 0.05) is 19.9 Å². The van der Waals surface area contributed by atoms with Crippen LogP contribution in [0.4, 0.5) is 32.4 Å². The maximum Gasteiger partial charge on any atom is 0.573 e. The largest absolute Gasteiger partial charge is 0.573 e. The predicted octanol–water partition coefficient (Wildman–Crippen LogP) is 4.14. The van der Waals surface area contributed by atoms with E-state index in [1.54, 1.807) is 0 Å². The predicted molar refractivity (Wildman–Crippen MR) is 97.3 cm³/mol. The van der Waals surface area contributed by atoms with Gasteiger partial charge in [-0.15, -0.1) is 13.2 Å². The molecule has 0 aliphatic rings. The van der Waals surface area contributed by atoms with E-state index in [1.807, 2.05) is 0 Å². The smallest absolute Gasteiger partial charge is 0.406 e. The molecule has 0 radical (unpaired) electrons. The number of ether oxygens (including phenoxy) is 3. The fourth-order valence-corrected chi connectivity index (χ4v) is 2.51. The number of carbonyl (C=O) groups is 2. The van der Waals surface area contributed by atoms with E-state index < -0.39 is 54.7 Å². The number of hydrogen-bond acceptors (Lipinski definition) is 5. The van der Waals surface area contributed by atoms with Gasteiger partial charge in [-0.3, -0.25) is 9.69 Å². The molecule has 0 saturated carbocycles. The van der Waals surface area contributed by atoms with Crippen LogP contribution in [0.3, 0.4) is 0 Å². The minimum atomic E-state index is -4.91. The topological polar surface area (TPSA) is 68.3 Å². The van der Waals surface area contributed by atoms with Crippen molar-refractivity contribution in [2.24, 2.45) is 0 Å². The third-order valence-electron chi connectivity index (χ3n) is 3.78. The molecule has 0 aliphatic heterocycles. The summed E-state index contributed by atoms with van der Waals surface area (Å²) >= 11 is 0. The summed E-state index contributed by atoms with van der Waals surface area (Å²) in [6.45, 7) is -1.10. The van der Waals surface area contributed by atoms with E-state index in [2.05, 4.69) is 4.74 Å². The molecule has 2 rings (SSSR count). The first-order valence-corrected chi connectivity index (χ1v) is 8.50. The SMILES string of the molecule is COCN(C(=O)c1c(F)cccc1F)C(=O)N(COC)c1ccc(OC(F)(F)F)cc1. The van der Waals surface area contributed by atoms with Crippen molar-refractivity contribution in [1.29, 1.82) is 0 Å². The maximum absolute atomic E-state index is 14.0. The first-order valence-electron chi connectivity index (χ1n) is 8.50. The van der Waals surface area contributed by atoms with Crippen LogP contribution in [0.25, 0.3) is 0 Å². The summed E-state index contributed by atoms with van der Waals surface area (Å²) in [4.78, 5) is 27.0. The second-order valence-corrected chi connectivity index (χ2v) is 5.92. The first-order chi connectivity index (χ1) is 14.6. The highest BCUT2D eigenvalue weighted by atomic mass is 19.4. The van der Waals surface area contributed by atoms with Gasteiger partial charge in [0.15, 0.2) is 0 Å². The minimum absolute atomic E-state index is 0.0179. The summed E-state index contributed by atoms with van der Waals surface area (Å²) in [5, 5.41) is 0. The molecule has 31 heavy (non-hydrogen) atoms. The third-order valence-corrected chi connectivity index (χ3v) is 3.78. The van der Waals surface area contributed by atoms with Gasteiger partial charge >= 0.3 is 12.4 Å². The number of nitrogens with zero attached hydrogens (tertiary/aromatic N) is 2. The average Bonchev–Trinajstić information content (AvgIpc) is 2.69. The summed E-state index contributed by atoms with van der Waals surface area (Å²) < 4.78 is 78.5. The van der Waals surface area contributed by atoms with Gasteiger partial charge in [-0.1, -0.05) is 6.07 Å². The van der Waals surface area contributed by atoms with Gasteiger partial charge in [0.1, 0.15) is 36.4 Å². The summed E-state index contributed by atoms with van der Waals surface area (Å²) in [6, 6.07) is 5.74. The van der Waals surface area contributed by atoms with Crippen molar-refractivity contribution in [2.75, 3.05) is 32.6 Å². The number of alkyl halides is 3. The molecule has 0 unspecified atom stereocenters. The van der Waals surface area contributed by atoms with Crippen molar-refractivity contribution < 1.29 is 45.8 Å². The van der Waals surface area contributed by atoms with Crippen LogP contribution in [0, 0.1) is 11.6 Å². The monoisotopic (exact) mass is 448 g/mol. The highest BCUT2D eigenvalue weighted by Crippen LogP contribution is 2.26. The Bertz CT molecular complexity index is 901. The van der Waals surface area contributed by atoms with E-state index in [4.69, 9.17) is 9.47 Å². The Morgan fingerprint density at radius 3 is 1.94 bits per heavy atom. The highest BCUT2D eigenvalue weighted by Gasteiger charge is 2.33. The lowest BCUT2D eigenvalue weighted by atomic mass is 10.1. The number of methoxy groups -OCH3 is 2. The molecule has 0 N–H and O–H groups in total. The van der Waals surface area contributed by atoms with Crippen LogP contribution in [0.5, 0.6) is 5.75 Å². The Morgan fingerprint density at radius 2 is 1.45 bits per heavy atom. The number of urea groups is 1. The molecule has 168 valence electrons. The number of imide groups is 1. The van der Waals surface area contributed by atoms with Crippen LogP contribution in [-0.2, 0) is 9.47 Å². The number of benzene rings is 2. The van der Waals surface area contributed by atoms with Crippen LogP contribution < -0.4 is 9.64 Å². The van der Waals surface area contributed by atoms with E-state index in [9.17, 15) is 31.5 Å². The lowest BCUT2D eigenvalue weighted by Crippen LogP contribution is -2.48. The molecule has 0 spiro atoms. The van der Waals surface area contributed by atoms with E-state index in [0.717, 1.165) is 54.5 Å². The number of anilines is 1. The molecule has 0 aromatic heterocycles. The summed E-state index contributed by atoms with van der Waals surface area (Å²) in [6.07, 6.45) is -4.91. The quantitative estimate of drug-likeness (QED) is 0.471. The maximum atomic E-state index is 14.0. The van der Waals surface area contributed by atoms with Crippen molar-refractivity contribution in [3.05, 3.63) is 59.7 Å². The lowest BCUT2D eigenvalue weighted by Gasteiger charge is -2.28. The van der Waals surface area contributed by atoms with Gasteiger partial charge in [0.2, 0.25) is 0 Å². The Hall–Kier alpha value is -3.25. The van der Waals surface area contributed by atoms with Crippen molar-refractivity contribution in [1.82, 2.24) is 4.90 Å². The van der Waals surface area contributed by atoms with Crippen molar-refractivity contribution in [2.45, 2.75) is 6.36 Å². The number of amides is 3. The second-order valence-electron chi connectivity index (χ2n) is 5.92. The van der Waals surface area contributed by atoms with Crippen molar-refractivity contribution in [3.8, 4) is 5.75 Å². The molecule has 0 heterocycles. The van der Waals surface area contributed by atoms with Crippen LogP contribution in [0.2, 0.25) is 0 Å². The van der Waals surface area contributed by atoms with Crippen molar-refractivity contribution in [3.63, 3.8) is 0 Å². The molecule has 0 aliphatic carbocycles. The van der Waals surface area contributed by atoms with E-state index in [1.165, 1.54) is 7.11 Å². The van der Waals surface area contributed by atoms with E-state index in [0.29, 0.717) is 4.90 Å². The Morgan fingerprint density at radius 1 is 0.903 bits per heavy atom. The van der Waals surface area contributed by atoms with Gasteiger partial charge in [-0.25, -0.2) is 18.5 Å². The third kappa shape index (κ3) is 6.12. The molecule has 0 atom stereocenters. The summed E-state index contributed by atoms with van der Waals surface area (Å²) in [5.74, 6) is -4.24. The summed E-state index contributed by atoms with van der Waals surface area (Å²) in [5.41, 5.74) is -0.955. The fourth-order valence-electron chi connectivity index (χ4n) is 2.51. The van der Waals surface area contributed by atoms with Crippen LogP contribution >= 0.6 is 0 Å². The van der Waals surface area contributed by atoms with Gasteiger partial charge in [-0.05, 0) is 36.4 Å². The van der Waals surface area contributed by atoms with Crippen molar-refractivity contribution >= 4 is 17.6 Å². The van der Waals surface area contributed by atoms with Gasteiger partial charge < -0.3 is 14.2 Å². The van der Waals surface area contributed by atoms with Gasteiger partial charge in [0.25, 0.3) is 5.91 Å². The molecule has 2 aromatic carbocycles. The Labute approximate surface area is 173 Å². The molecule has 2 aromatic rings. The molecular formula is C19H17F5N2O5. The lowest BCUT2D eigenvalue weighted by molar-refractivity contribution is -0.274. The molecular weight excluding hydrogens is 431 g/mol. The van der Waals surface area contributed by atoms with Gasteiger partial charge in [0.05, 0.1) is 0 Å². The second kappa shape index (κ2) is 10.2. The molecule has 7 nitrogen and oxygen atoms in total. The highest BCUT2D eigenvalue weighted by molar-refractivity contribution is 6.08. The number of hydrogen-bond donors (Lipinski definition) is 0. The Balaban J connectivity index is 2.37. The van der Waals surface area contributed by atoms with E-state index in [-0.39, 0.29) is 5.69 Å². The van der Waals surface area contributed by atoms with Gasteiger partial charge in [-0.2, -0.15) is 0 Å². The Kier molecular flexibility index (Phi) is 7.89.